The van der Waals surface area contributed by atoms with Gasteiger partial charge in [-0.05, 0) is 24.6 Å². The van der Waals surface area contributed by atoms with Crippen LogP contribution in [0.25, 0.3) is 0 Å². The molecule has 4 heteroatoms. The molecule has 1 amide bonds. The van der Waals surface area contributed by atoms with E-state index in [1.165, 1.54) is 0 Å². The number of nitrogens with two attached hydrogens (primary N) is 1. The molecular weight excluding hydrogens is 262 g/mol. The highest BCUT2D eigenvalue weighted by Gasteiger charge is 2.39. The first-order chi connectivity index (χ1) is 9.71. The lowest BCUT2D eigenvalue weighted by molar-refractivity contribution is -0.125. The molecule has 1 atom stereocenters. The van der Waals surface area contributed by atoms with Gasteiger partial charge in [-0.15, -0.1) is 0 Å². The molecule has 1 rings (SSSR count). The molecule has 0 fully saturated rings. The van der Waals surface area contributed by atoms with Crippen LogP contribution in [0, 0.1) is 5.41 Å². The Morgan fingerprint density at radius 3 is 2.19 bits per heavy atom. The zero-order valence-corrected chi connectivity index (χ0v) is 13.9. The van der Waals surface area contributed by atoms with Crippen LogP contribution in [-0.4, -0.2) is 37.5 Å². The molecule has 0 radical (unpaired) electrons. The van der Waals surface area contributed by atoms with Gasteiger partial charge in [0.2, 0.25) is 5.91 Å². The molecule has 1 aromatic rings. The monoisotopic (exact) mass is 291 g/mol. The molecule has 118 valence electrons. The van der Waals surface area contributed by atoms with Gasteiger partial charge in [-0.1, -0.05) is 58.0 Å². The summed E-state index contributed by atoms with van der Waals surface area (Å²) in [6, 6.07) is 9.74. The molecular formula is C17H29N3O. The minimum absolute atomic E-state index is 0.168. The molecule has 1 unspecified atom stereocenters. The van der Waals surface area contributed by atoms with E-state index in [9.17, 15) is 4.79 Å². The van der Waals surface area contributed by atoms with Crippen LogP contribution >= 0.6 is 0 Å². The Bertz CT molecular complexity index is 453. The van der Waals surface area contributed by atoms with Gasteiger partial charge in [0.15, 0.2) is 0 Å². The molecule has 0 heterocycles. The summed E-state index contributed by atoms with van der Waals surface area (Å²) in [4.78, 5) is 14.4. The van der Waals surface area contributed by atoms with Crippen molar-refractivity contribution in [3.05, 3.63) is 35.9 Å². The van der Waals surface area contributed by atoms with Gasteiger partial charge in [0.25, 0.3) is 0 Å². The van der Waals surface area contributed by atoms with Crippen molar-refractivity contribution < 1.29 is 4.79 Å². The van der Waals surface area contributed by atoms with E-state index in [-0.39, 0.29) is 11.3 Å². The Kier molecular flexibility index (Phi) is 5.93. The molecule has 0 aliphatic rings. The largest absolute Gasteiger partial charge is 0.368 e. The number of hydrogen-bond donors (Lipinski definition) is 2. The molecule has 3 N–H and O–H groups in total. The van der Waals surface area contributed by atoms with Crippen LogP contribution in [0.4, 0.5) is 0 Å². The smallest absolute Gasteiger partial charge is 0.243 e. The van der Waals surface area contributed by atoms with Crippen LogP contribution in [0.1, 0.15) is 33.3 Å². The van der Waals surface area contributed by atoms with Crippen molar-refractivity contribution in [3.63, 3.8) is 0 Å². The number of carbonyl (C=O) groups excluding carboxylic acids is 1. The maximum Gasteiger partial charge on any atom is 0.243 e. The van der Waals surface area contributed by atoms with Crippen LogP contribution in [0.2, 0.25) is 0 Å². The van der Waals surface area contributed by atoms with E-state index in [1.807, 2.05) is 44.3 Å². The van der Waals surface area contributed by atoms with E-state index < -0.39 is 5.54 Å². The first-order valence-electron chi connectivity index (χ1n) is 7.50. The number of rotatable bonds is 7. The summed E-state index contributed by atoms with van der Waals surface area (Å²) in [6.07, 6.45) is 0. The Labute approximate surface area is 128 Å². The van der Waals surface area contributed by atoms with Crippen LogP contribution in [-0.2, 0) is 10.3 Å². The van der Waals surface area contributed by atoms with Crippen molar-refractivity contribution in [2.75, 3.05) is 26.7 Å². The van der Waals surface area contributed by atoms with E-state index >= 15 is 0 Å². The van der Waals surface area contributed by atoms with Gasteiger partial charge in [0, 0.05) is 13.1 Å². The highest BCUT2D eigenvalue weighted by Crippen LogP contribution is 2.24. The zero-order chi connectivity index (χ0) is 16.1. The molecule has 0 saturated heterocycles. The van der Waals surface area contributed by atoms with Crippen molar-refractivity contribution >= 4 is 5.91 Å². The first-order valence-corrected chi connectivity index (χ1v) is 7.50. The number of primary amides is 1. The summed E-state index contributed by atoms with van der Waals surface area (Å²) >= 11 is 0. The Morgan fingerprint density at radius 2 is 1.76 bits per heavy atom. The number of carbonyl (C=O) groups is 1. The first kappa shape index (κ1) is 17.7. The van der Waals surface area contributed by atoms with Crippen molar-refractivity contribution in [2.45, 2.75) is 33.2 Å². The van der Waals surface area contributed by atoms with Gasteiger partial charge in [-0.2, -0.15) is 0 Å². The summed E-state index contributed by atoms with van der Waals surface area (Å²) in [6.45, 7) is 10.7. The second kappa shape index (κ2) is 7.05. The van der Waals surface area contributed by atoms with Crippen LogP contribution < -0.4 is 11.1 Å². The molecule has 0 aliphatic heterocycles. The molecule has 21 heavy (non-hydrogen) atoms. The molecule has 1 aromatic carbocycles. The Morgan fingerprint density at radius 1 is 1.19 bits per heavy atom. The van der Waals surface area contributed by atoms with Gasteiger partial charge in [0.05, 0.1) is 0 Å². The maximum atomic E-state index is 12.2. The maximum absolute atomic E-state index is 12.2. The van der Waals surface area contributed by atoms with Gasteiger partial charge in [0.1, 0.15) is 5.54 Å². The lowest BCUT2D eigenvalue weighted by Crippen LogP contribution is -2.59. The Balaban J connectivity index is 3.10. The van der Waals surface area contributed by atoms with E-state index in [0.717, 1.165) is 12.1 Å². The third-order valence-corrected chi connectivity index (χ3v) is 3.42. The lowest BCUT2D eigenvalue weighted by Gasteiger charge is -2.37. The van der Waals surface area contributed by atoms with Crippen LogP contribution in [0.5, 0.6) is 0 Å². The number of benzene rings is 1. The molecule has 0 aromatic heterocycles. The van der Waals surface area contributed by atoms with Gasteiger partial charge in [-0.25, -0.2) is 0 Å². The number of likely N-dealkylation sites (N-methyl/N-ethyl adjacent to an activating group) is 2. The second-order valence-electron chi connectivity index (χ2n) is 6.90. The van der Waals surface area contributed by atoms with Gasteiger partial charge >= 0.3 is 0 Å². The Hall–Kier alpha value is -1.39. The van der Waals surface area contributed by atoms with E-state index in [0.29, 0.717) is 13.1 Å². The standard InChI is InChI=1S/C17H29N3O/c1-6-19-17(15(18)21,14-10-8-7-9-11-14)13-20(5)12-16(2,3)4/h7-11,19H,6,12-13H2,1-5H3,(H2,18,21). The molecule has 0 aliphatic carbocycles. The molecule has 0 saturated carbocycles. The third kappa shape index (κ3) is 4.83. The van der Waals surface area contributed by atoms with E-state index in [1.54, 1.807) is 0 Å². The van der Waals surface area contributed by atoms with Crippen LogP contribution in [0.3, 0.4) is 0 Å². The van der Waals surface area contributed by atoms with Crippen molar-refractivity contribution in [2.24, 2.45) is 11.1 Å². The minimum atomic E-state index is -0.851. The fourth-order valence-corrected chi connectivity index (χ4v) is 2.85. The summed E-state index contributed by atoms with van der Waals surface area (Å²) in [5, 5.41) is 3.31. The second-order valence-corrected chi connectivity index (χ2v) is 6.90. The molecule has 0 bridgehead atoms. The average molecular weight is 291 g/mol. The predicted octanol–water partition coefficient (Wildman–Crippen LogP) is 1.95. The quantitative estimate of drug-likeness (QED) is 0.807. The van der Waals surface area contributed by atoms with E-state index in [4.69, 9.17) is 5.73 Å². The topological polar surface area (TPSA) is 58.4 Å². The van der Waals surface area contributed by atoms with Gasteiger partial charge < -0.3 is 10.6 Å². The lowest BCUT2D eigenvalue weighted by atomic mass is 9.87. The van der Waals surface area contributed by atoms with E-state index in [2.05, 4.69) is 31.0 Å². The van der Waals surface area contributed by atoms with Gasteiger partial charge in [-0.3, -0.25) is 10.1 Å². The average Bonchev–Trinajstić information content (AvgIpc) is 2.36. The summed E-state index contributed by atoms with van der Waals surface area (Å²) < 4.78 is 0. The number of hydrogen-bond acceptors (Lipinski definition) is 3. The highest BCUT2D eigenvalue weighted by atomic mass is 16.1. The third-order valence-electron chi connectivity index (χ3n) is 3.42. The normalized spacial score (nSPS) is 15.0. The number of amides is 1. The predicted molar refractivity (Wildman–Crippen MR) is 87.9 cm³/mol. The SMILES string of the molecule is CCNC(CN(C)CC(C)(C)C)(C(N)=O)c1ccccc1. The molecule has 0 spiro atoms. The van der Waals surface area contributed by atoms with Crippen molar-refractivity contribution in [1.82, 2.24) is 10.2 Å². The van der Waals surface area contributed by atoms with Crippen molar-refractivity contribution in [3.8, 4) is 0 Å². The number of nitrogens with zero attached hydrogens (tertiary/aromatic N) is 1. The zero-order valence-electron chi connectivity index (χ0n) is 13.9. The summed E-state index contributed by atoms with van der Waals surface area (Å²) in [7, 11) is 2.03. The van der Waals surface area contributed by atoms with Crippen LogP contribution in [0.15, 0.2) is 30.3 Å². The fraction of sp³-hybridized carbons (Fsp3) is 0.588. The fourth-order valence-electron chi connectivity index (χ4n) is 2.85. The summed E-state index contributed by atoms with van der Waals surface area (Å²) in [5.41, 5.74) is 6.01. The summed E-state index contributed by atoms with van der Waals surface area (Å²) in [5.74, 6) is -0.337. The highest BCUT2D eigenvalue weighted by molar-refractivity contribution is 5.86. The number of nitrogens with one attached hydrogen (secondary N) is 1. The molecule has 4 nitrogen and oxygen atoms in total. The minimum Gasteiger partial charge on any atom is -0.368 e. The van der Waals surface area contributed by atoms with Crippen molar-refractivity contribution in [1.29, 1.82) is 0 Å².